The molecule has 110 valence electrons. The van der Waals surface area contributed by atoms with Crippen molar-refractivity contribution in [3.8, 4) is 0 Å². The molecule has 1 atom stereocenters. The summed E-state index contributed by atoms with van der Waals surface area (Å²) in [6, 6.07) is 3.66. The molecule has 0 N–H and O–H groups in total. The fraction of sp³-hybridized carbons (Fsp3) is 0.400. The highest BCUT2D eigenvalue weighted by atomic mass is 32.1. The van der Waals surface area contributed by atoms with Gasteiger partial charge in [-0.05, 0) is 31.9 Å². The summed E-state index contributed by atoms with van der Waals surface area (Å²) in [6.45, 7) is 3.90. The zero-order valence-corrected chi connectivity index (χ0v) is 12.7. The number of carbonyl (C=O) groups is 1. The molecular formula is C15H17N3O2S. The molecule has 1 fully saturated rings. The lowest BCUT2D eigenvalue weighted by Gasteiger charge is -2.16. The van der Waals surface area contributed by atoms with E-state index in [1.807, 2.05) is 18.4 Å². The van der Waals surface area contributed by atoms with Crippen LogP contribution >= 0.6 is 11.3 Å². The molecule has 3 rings (SSSR count). The summed E-state index contributed by atoms with van der Waals surface area (Å²) in [5, 5.41) is 2.66. The van der Waals surface area contributed by atoms with E-state index >= 15 is 0 Å². The van der Waals surface area contributed by atoms with Gasteiger partial charge in [0.1, 0.15) is 10.8 Å². The first kappa shape index (κ1) is 14.0. The number of pyridine rings is 1. The predicted molar refractivity (Wildman–Crippen MR) is 81.6 cm³/mol. The van der Waals surface area contributed by atoms with E-state index in [-0.39, 0.29) is 12.1 Å². The van der Waals surface area contributed by atoms with Crippen molar-refractivity contribution in [2.75, 3.05) is 18.0 Å². The van der Waals surface area contributed by atoms with E-state index < -0.39 is 0 Å². The number of hydrogen-bond acceptors (Lipinski definition) is 6. The Labute approximate surface area is 127 Å². The number of carbonyl (C=O) groups excluding carboxylic acids is 1. The van der Waals surface area contributed by atoms with Crippen LogP contribution in [-0.4, -0.2) is 29.0 Å². The molecule has 2 aromatic rings. The molecule has 0 radical (unpaired) electrons. The van der Waals surface area contributed by atoms with Crippen molar-refractivity contribution in [3.05, 3.63) is 40.5 Å². The highest BCUT2D eigenvalue weighted by molar-refractivity contribution is 7.09. The smallest absolute Gasteiger partial charge is 0.340 e. The van der Waals surface area contributed by atoms with E-state index in [4.69, 9.17) is 4.74 Å². The zero-order chi connectivity index (χ0) is 14.7. The molecule has 3 heterocycles. The minimum absolute atomic E-state index is 0.337. The van der Waals surface area contributed by atoms with Gasteiger partial charge in [-0.2, -0.15) is 0 Å². The predicted octanol–water partition coefficient (Wildman–Crippen LogP) is 3.06. The Balaban J connectivity index is 1.64. The van der Waals surface area contributed by atoms with Gasteiger partial charge in [-0.15, -0.1) is 11.3 Å². The van der Waals surface area contributed by atoms with E-state index in [0.717, 1.165) is 23.9 Å². The van der Waals surface area contributed by atoms with Crippen LogP contribution in [0.25, 0.3) is 0 Å². The Morgan fingerprint density at radius 3 is 2.76 bits per heavy atom. The molecule has 0 saturated carbocycles. The van der Waals surface area contributed by atoms with Crippen molar-refractivity contribution in [2.45, 2.75) is 25.9 Å². The van der Waals surface area contributed by atoms with Crippen LogP contribution in [0.3, 0.4) is 0 Å². The van der Waals surface area contributed by atoms with Gasteiger partial charge in [0.15, 0.2) is 6.10 Å². The molecule has 1 aliphatic heterocycles. The largest absolute Gasteiger partial charge is 0.452 e. The number of nitrogens with zero attached hydrogens (tertiary/aromatic N) is 3. The molecular weight excluding hydrogens is 286 g/mol. The highest BCUT2D eigenvalue weighted by Gasteiger charge is 2.17. The molecule has 0 amide bonds. The van der Waals surface area contributed by atoms with Crippen LogP contribution in [0.5, 0.6) is 0 Å². The summed E-state index contributed by atoms with van der Waals surface area (Å²) >= 11 is 1.48. The molecule has 0 unspecified atom stereocenters. The van der Waals surface area contributed by atoms with Crippen LogP contribution in [-0.2, 0) is 4.74 Å². The van der Waals surface area contributed by atoms with Crippen LogP contribution < -0.4 is 4.90 Å². The number of ether oxygens (including phenoxy) is 1. The van der Waals surface area contributed by atoms with Gasteiger partial charge in [0, 0.05) is 30.9 Å². The Bertz CT molecular complexity index is 592. The number of rotatable bonds is 4. The molecule has 1 saturated heterocycles. The van der Waals surface area contributed by atoms with Crippen LogP contribution in [0.15, 0.2) is 29.9 Å². The van der Waals surface area contributed by atoms with Gasteiger partial charge in [0.2, 0.25) is 0 Å². The van der Waals surface area contributed by atoms with Crippen molar-refractivity contribution in [1.29, 1.82) is 0 Å². The van der Waals surface area contributed by atoms with Crippen LogP contribution in [0.1, 0.15) is 41.2 Å². The summed E-state index contributed by atoms with van der Waals surface area (Å²) in [5.74, 6) is 0.565. The van der Waals surface area contributed by atoms with Crippen molar-refractivity contribution in [2.24, 2.45) is 0 Å². The third-order valence-electron chi connectivity index (χ3n) is 3.50. The normalized spacial score (nSPS) is 16.0. The first-order valence-electron chi connectivity index (χ1n) is 7.05. The number of aromatic nitrogens is 2. The molecule has 21 heavy (non-hydrogen) atoms. The molecule has 5 nitrogen and oxygen atoms in total. The maximum absolute atomic E-state index is 12.1. The van der Waals surface area contributed by atoms with Gasteiger partial charge in [0.25, 0.3) is 0 Å². The zero-order valence-electron chi connectivity index (χ0n) is 11.9. The van der Waals surface area contributed by atoms with E-state index in [9.17, 15) is 4.79 Å². The monoisotopic (exact) mass is 303 g/mol. The Morgan fingerprint density at radius 1 is 1.33 bits per heavy atom. The van der Waals surface area contributed by atoms with Crippen LogP contribution in [0.2, 0.25) is 0 Å². The summed E-state index contributed by atoms with van der Waals surface area (Å²) in [4.78, 5) is 22.8. The lowest BCUT2D eigenvalue weighted by molar-refractivity contribution is 0.0337. The second-order valence-corrected chi connectivity index (χ2v) is 5.94. The Morgan fingerprint density at radius 2 is 2.14 bits per heavy atom. The lowest BCUT2D eigenvalue weighted by Crippen LogP contribution is -2.19. The van der Waals surface area contributed by atoms with Crippen molar-refractivity contribution >= 4 is 23.1 Å². The first-order chi connectivity index (χ1) is 10.2. The van der Waals surface area contributed by atoms with Gasteiger partial charge in [-0.1, -0.05) is 0 Å². The lowest BCUT2D eigenvalue weighted by atomic mass is 10.3. The van der Waals surface area contributed by atoms with E-state index in [2.05, 4.69) is 14.9 Å². The maximum Gasteiger partial charge on any atom is 0.340 e. The van der Waals surface area contributed by atoms with Crippen molar-refractivity contribution in [3.63, 3.8) is 0 Å². The number of esters is 1. The SMILES string of the molecule is C[C@@H](OC(=O)c1ccc(N2CCCC2)nc1)c1nccs1. The highest BCUT2D eigenvalue weighted by Crippen LogP contribution is 2.21. The second-order valence-electron chi connectivity index (χ2n) is 5.02. The molecule has 1 aliphatic rings. The number of thiazole rings is 1. The Hall–Kier alpha value is -1.95. The molecule has 0 spiro atoms. The third kappa shape index (κ3) is 3.21. The number of hydrogen-bond donors (Lipinski definition) is 0. The molecule has 6 heteroatoms. The van der Waals surface area contributed by atoms with Gasteiger partial charge in [0.05, 0.1) is 5.56 Å². The summed E-state index contributed by atoms with van der Waals surface area (Å²) in [7, 11) is 0. The fourth-order valence-corrected chi connectivity index (χ4v) is 2.98. The van der Waals surface area contributed by atoms with Crippen LogP contribution in [0, 0.1) is 0 Å². The topological polar surface area (TPSA) is 55.3 Å². The summed E-state index contributed by atoms with van der Waals surface area (Å²) in [6.07, 6.45) is 5.37. The molecule has 0 bridgehead atoms. The minimum atomic E-state index is -0.363. The molecule has 0 aliphatic carbocycles. The summed E-state index contributed by atoms with van der Waals surface area (Å²) < 4.78 is 5.40. The van der Waals surface area contributed by atoms with Gasteiger partial charge in [-0.3, -0.25) is 0 Å². The minimum Gasteiger partial charge on any atom is -0.452 e. The van der Waals surface area contributed by atoms with Gasteiger partial charge in [-0.25, -0.2) is 14.8 Å². The van der Waals surface area contributed by atoms with E-state index in [1.54, 1.807) is 18.5 Å². The quantitative estimate of drug-likeness (QED) is 0.813. The van der Waals surface area contributed by atoms with Gasteiger partial charge < -0.3 is 9.64 Å². The average Bonchev–Trinajstić information content (AvgIpc) is 3.20. The molecule has 2 aromatic heterocycles. The average molecular weight is 303 g/mol. The first-order valence-corrected chi connectivity index (χ1v) is 7.93. The third-order valence-corrected chi connectivity index (χ3v) is 4.43. The standard InChI is InChI=1S/C15H17N3O2S/c1-11(14-16-6-9-21-14)20-15(19)12-4-5-13(17-10-12)18-7-2-3-8-18/h4-6,9-11H,2-3,7-8H2,1H3/t11-/m1/s1. The fourth-order valence-electron chi connectivity index (χ4n) is 2.35. The van der Waals surface area contributed by atoms with Crippen molar-refractivity contribution < 1.29 is 9.53 Å². The van der Waals surface area contributed by atoms with Crippen LogP contribution in [0.4, 0.5) is 5.82 Å². The van der Waals surface area contributed by atoms with Gasteiger partial charge >= 0.3 is 5.97 Å². The Kier molecular flexibility index (Phi) is 4.15. The van der Waals surface area contributed by atoms with E-state index in [1.165, 1.54) is 24.2 Å². The molecule has 0 aromatic carbocycles. The van der Waals surface area contributed by atoms with E-state index in [0.29, 0.717) is 5.56 Å². The maximum atomic E-state index is 12.1. The second kappa shape index (κ2) is 6.22. The number of anilines is 1. The summed E-state index contributed by atoms with van der Waals surface area (Å²) in [5.41, 5.74) is 0.473. The van der Waals surface area contributed by atoms with Crippen molar-refractivity contribution in [1.82, 2.24) is 9.97 Å².